The van der Waals surface area contributed by atoms with E-state index in [1.165, 1.54) is 19.1 Å². The molecule has 10 nitrogen and oxygen atoms in total. The minimum atomic E-state index is -1.24. The van der Waals surface area contributed by atoms with Crippen LogP contribution >= 0.6 is 0 Å². The van der Waals surface area contributed by atoms with E-state index in [2.05, 4.69) is 21.1 Å². The number of carbonyl (C=O) groups excluding carboxylic acids is 2. The van der Waals surface area contributed by atoms with Gasteiger partial charge in [0.25, 0.3) is 0 Å². The maximum Gasteiger partial charge on any atom is 0.377 e. The van der Waals surface area contributed by atoms with Crippen LogP contribution in [0, 0.1) is 17.5 Å². The third-order valence-corrected chi connectivity index (χ3v) is 4.29. The molecule has 2 N–H and O–H groups in total. The standard InChI is InChI=1S/C19H18F3N7O3/c1-3-23-17(30)24-11-8-9-15(14(22)10-11)27(4-2)18(31)29-19(32)28(25-26-29)16-12(20)6-5-7-13(16)21/h5-10H,3-4H2,1-2H3,(H2,23,24,30). The highest BCUT2D eigenvalue weighted by molar-refractivity contribution is 5.94. The zero-order valence-corrected chi connectivity index (χ0v) is 17.0. The van der Waals surface area contributed by atoms with Gasteiger partial charge in [0.05, 0.1) is 5.69 Å². The van der Waals surface area contributed by atoms with Gasteiger partial charge in [-0.25, -0.2) is 27.6 Å². The van der Waals surface area contributed by atoms with Crippen LogP contribution in [0.2, 0.25) is 0 Å². The molecule has 3 aromatic rings. The van der Waals surface area contributed by atoms with Gasteiger partial charge in [0, 0.05) is 18.8 Å². The van der Waals surface area contributed by atoms with Crippen LogP contribution in [0.15, 0.2) is 41.2 Å². The van der Waals surface area contributed by atoms with Gasteiger partial charge in [-0.3, -0.25) is 4.90 Å². The lowest BCUT2D eigenvalue weighted by Crippen LogP contribution is -2.41. The van der Waals surface area contributed by atoms with E-state index < -0.39 is 40.9 Å². The molecule has 0 saturated carbocycles. The van der Waals surface area contributed by atoms with Crippen molar-refractivity contribution in [1.29, 1.82) is 0 Å². The molecule has 168 valence electrons. The second-order valence-corrected chi connectivity index (χ2v) is 6.33. The van der Waals surface area contributed by atoms with Crippen LogP contribution in [0.1, 0.15) is 13.8 Å². The number of halogens is 3. The second kappa shape index (κ2) is 9.32. The number of rotatable bonds is 5. The van der Waals surface area contributed by atoms with Crippen molar-refractivity contribution < 1.29 is 22.8 Å². The van der Waals surface area contributed by atoms with Crippen molar-refractivity contribution in [3.8, 4) is 5.69 Å². The number of anilines is 2. The number of para-hydroxylation sites is 1. The molecule has 3 amide bonds. The highest BCUT2D eigenvalue weighted by Gasteiger charge is 2.26. The van der Waals surface area contributed by atoms with Crippen LogP contribution in [0.25, 0.3) is 5.69 Å². The van der Waals surface area contributed by atoms with E-state index >= 15 is 0 Å². The molecule has 0 fully saturated rings. The zero-order valence-electron chi connectivity index (χ0n) is 17.0. The number of carbonyl (C=O) groups is 2. The molecule has 32 heavy (non-hydrogen) atoms. The number of hydrogen-bond acceptors (Lipinski definition) is 5. The van der Waals surface area contributed by atoms with Gasteiger partial charge < -0.3 is 10.6 Å². The largest absolute Gasteiger partial charge is 0.377 e. The minimum Gasteiger partial charge on any atom is -0.338 e. The van der Waals surface area contributed by atoms with Crippen LogP contribution in [0.5, 0.6) is 0 Å². The molecule has 0 spiro atoms. The van der Waals surface area contributed by atoms with Crippen molar-refractivity contribution in [1.82, 2.24) is 25.1 Å². The molecule has 0 saturated heterocycles. The summed E-state index contributed by atoms with van der Waals surface area (Å²) in [5.74, 6) is -3.03. The molecule has 0 aliphatic heterocycles. The van der Waals surface area contributed by atoms with E-state index in [4.69, 9.17) is 0 Å². The van der Waals surface area contributed by atoms with Gasteiger partial charge in [-0.05, 0) is 54.6 Å². The first-order valence-electron chi connectivity index (χ1n) is 9.44. The van der Waals surface area contributed by atoms with Crippen molar-refractivity contribution >= 4 is 23.4 Å². The summed E-state index contributed by atoms with van der Waals surface area (Å²) >= 11 is 0. The molecule has 0 atom stereocenters. The van der Waals surface area contributed by atoms with E-state index in [-0.39, 0.29) is 22.6 Å². The van der Waals surface area contributed by atoms with Gasteiger partial charge in [-0.1, -0.05) is 6.07 Å². The summed E-state index contributed by atoms with van der Waals surface area (Å²) in [4.78, 5) is 37.9. The third-order valence-electron chi connectivity index (χ3n) is 4.29. The summed E-state index contributed by atoms with van der Waals surface area (Å²) in [6, 6.07) is 4.87. The molecular weight excluding hydrogens is 431 g/mol. The normalized spacial score (nSPS) is 10.7. The molecule has 1 heterocycles. The average molecular weight is 449 g/mol. The first-order valence-corrected chi connectivity index (χ1v) is 9.44. The lowest BCUT2D eigenvalue weighted by molar-refractivity contribution is 0.243. The lowest BCUT2D eigenvalue weighted by atomic mass is 10.2. The molecule has 0 aliphatic carbocycles. The van der Waals surface area contributed by atoms with Crippen molar-refractivity contribution in [2.75, 3.05) is 23.3 Å². The number of aromatic nitrogens is 4. The fourth-order valence-corrected chi connectivity index (χ4v) is 2.86. The molecule has 2 aromatic carbocycles. The van der Waals surface area contributed by atoms with Gasteiger partial charge in [0.2, 0.25) is 0 Å². The zero-order chi connectivity index (χ0) is 23.4. The Kier molecular flexibility index (Phi) is 6.56. The highest BCUT2D eigenvalue weighted by Crippen LogP contribution is 2.23. The fraction of sp³-hybridized carbons (Fsp3) is 0.211. The Balaban J connectivity index is 1.93. The lowest BCUT2D eigenvalue weighted by Gasteiger charge is -2.20. The minimum absolute atomic E-state index is 0.0772. The maximum absolute atomic E-state index is 14.7. The second-order valence-electron chi connectivity index (χ2n) is 6.33. The summed E-state index contributed by atoms with van der Waals surface area (Å²) < 4.78 is 43.2. The Hall–Kier alpha value is -4.16. The van der Waals surface area contributed by atoms with Gasteiger partial charge in [-0.2, -0.15) is 4.68 Å². The van der Waals surface area contributed by atoms with Gasteiger partial charge in [-0.15, -0.1) is 4.68 Å². The van der Waals surface area contributed by atoms with Gasteiger partial charge in [0.15, 0.2) is 11.6 Å². The van der Waals surface area contributed by atoms with Crippen LogP contribution in [0.4, 0.5) is 34.1 Å². The molecule has 0 radical (unpaired) electrons. The average Bonchev–Trinajstić information content (AvgIpc) is 3.11. The summed E-state index contributed by atoms with van der Waals surface area (Å²) in [7, 11) is 0. The van der Waals surface area contributed by atoms with Gasteiger partial charge >= 0.3 is 17.8 Å². The van der Waals surface area contributed by atoms with E-state index in [1.807, 2.05) is 0 Å². The Bertz CT molecular complexity index is 1200. The SMILES string of the molecule is CCNC(=O)Nc1ccc(N(CC)C(=O)n2nnn(-c3c(F)cccc3F)c2=O)c(F)c1. The van der Waals surface area contributed by atoms with E-state index in [1.54, 1.807) is 6.92 Å². The molecular formula is C19H18F3N7O3. The molecule has 1 aromatic heterocycles. The number of amides is 3. The quantitative estimate of drug-likeness (QED) is 0.581. The summed E-state index contributed by atoms with van der Waals surface area (Å²) in [6.45, 7) is 3.53. The van der Waals surface area contributed by atoms with Crippen LogP contribution in [0.3, 0.4) is 0 Å². The Morgan fingerprint density at radius 2 is 1.72 bits per heavy atom. The number of nitrogens with zero attached hydrogens (tertiary/aromatic N) is 5. The van der Waals surface area contributed by atoms with E-state index in [0.717, 1.165) is 29.2 Å². The summed E-state index contributed by atoms with van der Waals surface area (Å²) in [5, 5.41) is 11.7. The van der Waals surface area contributed by atoms with Crippen LogP contribution in [-0.4, -0.2) is 44.9 Å². The third kappa shape index (κ3) is 4.31. The first kappa shape index (κ1) is 22.5. The Labute approximate surface area is 179 Å². The predicted molar refractivity (Wildman–Crippen MR) is 108 cm³/mol. The van der Waals surface area contributed by atoms with Crippen LogP contribution < -0.4 is 21.2 Å². The number of hydrogen-bond donors (Lipinski definition) is 2. The summed E-state index contributed by atoms with van der Waals surface area (Å²) in [6.07, 6.45) is 0. The molecule has 3 rings (SSSR count). The number of nitrogens with one attached hydrogen (secondary N) is 2. The van der Waals surface area contributed by atoms with Crippen molar-refractivity contribution in [2.45, 2.75) is 13.8 Å². The molecule has 0 bridgehead atoms. The number of tetrazole rings is 1. The number of urea groups is 1. The van der Waals surface area contributed by atoms with Crippen molar-refractivity contribution in [2.24, 2.45) is 0 Å². The van der Waals surface area contributed by atoms with Gasteiger partial charge in [0.1, 0.15) is 11.5 Å². The van der Waals surface area contributed by atoms with Crippen LogP contribution in [-0.2, 0) is 0 Å². The molecule has 0 aliphatic rings. The molecule has 13 heteroatoms. The fourth-order valence-electron chi connectivity index (χ4n) is 2.86. The highest BCUT2D eigenvalue weighted by atomic mass is 19.1. The topological polar surface area (TPSA) is 114 Å². The van der Waals surface area contributed by atoms with Crippen molar-refractivity contribution in [3.05, 3.63) is 64.3 Å². The monoisotopic (exact) mass is 449 g/mol. The summed E-state index contributed by atoms with van der Waals surface area (Å²) in [5.41, 5.74) is -2.12. The van der Waals surface area contributed by atoms with E-state index in [0.29, 0.717) is 11.2 Å². The smallest absolute Gasteiger partial charge is 0.338 e. The molecule has 0 unspecified atom stereocenters. The van der Waals surface area contributed by atoms with E-state index in [9.17, 15) is 27.6 Å². The Morgan fingerprint density at radius 3 is 2.31 bits per heavy atom. The van der Waals surface area contributed by atoms with Crippen molar-refractivity contribution in [3.63, 3.8) is 0 Å². The first-order chi connectivity index (χ1) is 15.3. The number of benzene rings is 2. The Morgan fingerprint density at radius 1 is 1.03 bits per heavy atom. The predicted octanol–water partition coefficient (Wildman–Crippen LogP) is 2.48. The maximum atomic E-state index is 14.7.